The van der Waals surface area contributed by atoms with E-state index < -0.39 is 11.0 Å². The minimum atomic E-state index is -0.789. The summed E-state index contributed by atoms with van der Waals surface area (Å²) >= 11 is 0. The molecule has 1 aliphatic heterocycles. The molecule has 0 atom stereocenters. The number of aromatic nitrogens is 1. The van der Waals surface area contributed by atoms with Crippen LogP contribution in [0.25, 0.3) is 0 Å². The molecular weight excluding hydrogens is 322 g/mol. The van der Waals surface area contributed by atoms with E-state index >= 15 is 0 Å². The number of pyridine rings is 1. The second-order valence-corrected chi connectivity index (χ2v) is 7.06. The summed E-state index contributed by atoms with van der Waals surface area (Å²) in [6.07, 6.45) is 2.25. The number of methoxy groups -OCH3 is 1. The highest BCUT2D eigenvalue weighted by Crippen LogP contribution is 2.38. The van der Waals surface area contributed by atoms with Gasteiger partial charge in [-0.2, -0.15) is 5.26 Å². The summed E-state index contributed by atoms with van der Waals surface area (Å²) in [6.45, 7) is 6.46. The van der Waals surface area contributed by atoms with Crippen molar-refractivity contribution in [3.05, 3.63) is 24.0 Å². The molecule has 0 bridgehead atoms. The van der Waals surface area contributed by atoms with E-state index in [-0.39, 0.29) is 12.9 Å². The molecule has 1 aromatic rings. The number of amides is 1. The molecule has 1 saturated heterocycles. The maximum Gasteiger partial charge on any atom is 0.410 e. The normalized spacial score (nSPS) is 16.8. The highest BCUT2D eigenvalue weighted by molar-refractivity contribution is 5.68. The number of rotatable bonds is 4. The Bertz CT molecular complexity index is 640. The van der Waals surface area contributed by atoms with Gasteiger partial charge in [-0.05, 0) is 45.7 Å². The summed E-state index contributed by atoms with van der Waals surface area (Å²) in [7, 11) is 1.54. The zero-order valence-corrected chi connectivity index (χ0v) is 15.2. The molecule has 25 heavy (non-hydrogen) atoms. The number of hydrogen-bond acceptors (Lipinski definition) is 6. The molecular formula is C18H25N3O4. The Hall–Kier alpha value is -2.33. The zero-order valence-electron chi connectivity index (χ0n) is 15.2. The van der Waals surface area contributed by atoms with Crippen LogP contribution in [0.5, 0.6) is 5.75 Å². The first-order valence-corrected chi connectivity index (χ1v) is 8.28. The Morgan fingerprint density at radius 2 is 2.08 bits per heavy atom. The van der Waals surface area contributed by atoms with Gasteiger partial charge in [0.25, 0.3) is 0 Å². The molecule has 2 rings (SSSR count). The molecule has 2 heterocycles. The van der Waals surface area contributed by atoms with Crippen molar-refractivity contribution in [2.24, 2.45) is 0 Å². The maximum atomic E-state index is 12.2. The van der Waals surface area contributed by atoms with E-state index in [4.69, 9.17) is 14.2 Å². The number of carbonyl (C=O) groups is 1. The topological polar surface area (TPSA) is 84.7 Å². The molecule has 0 N–H and O–H groups in total. The van der Waals surface area contributed by atoms with Crippen LogP contribution >= 0.6 is 0 Å². The second kappa shape index (κ2) is 7.70. The highest BCUT2D eigenvalue weighted by atomic mass is 16.7. The first-order valence-electron chi connectivity index (χ1n) is 8.28. The van der Waals surface area contributed by atoms with E-state index in [0.29, 0.717) is 37.4 Å². The van der Waals surface area contributed by atoms with Gasteiger partial charge < -0.3 is 19.1 Å². The SMILES string of the molecule is COCOc1cccnc1C1(C#N)CCN(C(=O)OC(C)(C)C)CC1. The lowest BCUT2D eigenvalue weighted by Gasteiger charge is -2.37. The van der Waals surface area contributed by atoms with Gasteiger partial charge in [-0.3, -0.25) is 4.98 Å². The number of hydrogen-bond donors (Lipinski definition) is 0. The van der Waals surface area contributed by atoms with Crippen LogP contribution in [-0.4, -0.2) is 48.6 Å². The lowest BCUT2D eigenvalue weighted by atomic mass is 9.76. The minimum absolute atomic E-state index is 0.0875. The quantitative estimate of drug-likeness (QED) is 0.779. The van der Waals surface area contributed by atoms with Crippen LogP contribution in [0, 0.1) is 11.3 Å². The lowest BCUT2D eigenvalue weighted by Crippen LogP contribution is -2.46. The molecule has 0 aliphatic carbocycles. The first kappa shape index (κ1) is 19.0. The molecule has 0 aromatic carbocycles. The molecule has 0 unspecified atom stereocenters. The van der Waals surface area contributed by atoms with Gasteiger partial charge in [0.05, 0.1) is 6.07 Å². The van der Waals surface area contributed by atoms with Gasteiger partial charge in [-0.1, -0.05) is 0 Å². The van der Waals surface area contributed by atoms with Crippen LogP contribution in [0.3, 0.4) is 0 Å². The second-order valence-electron chi connectivity index (χ2n) is 7.06. The molecule has 0 saturated carbocycles. The molecule has 7 heteroatoms. The molecule has 7 nitrogen and oxygen atoms in total. The average Bonchev–Trinajstić information content (AvgIpc) is 2.59. The fourth-order valence-electron chi connectivity index (χ4n) is 2.79. The summed E-state index contributed by atoms with van der Waals surface area (Å²) in [5.74, 6) is 0.539. The summed E-state index contributed by atoms with van der Waals surface area (Å²) in [4.78, 5) is 18.3. The molecule has 1 aliphatic rings. The van der Waals surface area contributed by atoms with Crippen molar-refractivity contribution in [3.63, 3.8) is 0 Å². The number of ether oxygens (including phenoxy) is 3. The van der Waals surface area contributed by atoms with Gasteiger partial charge in [0, 0.05) is 26.4 Å². The van der Waals surface area contributed by atoms with E-state index in [2.05, 4.69) is 11.1 Å². The largest absolute Gasteiger partial charge is 0.466 e. The van der Waals surface area contributed by atoms with Crippen molar-refractivity contribution in [2.75, 3.05) is 27.0 Å². The molecule has 0 spiro atoms. The predicted molar refractivity (Wildman–Crippen MR) is 91.1 cm³/mol. The van der Waals surface area contributed by atoms with Crippen molar-refractivity contribution in [1.29, 1.82) is 5.26 Å². The van der Waals surface area contributed by atoms with Gasteiger partial charge in [0.1, 0.15) is 22.5 Å². The smallest absolute Gasteiger partial charge is 0.410 e. The van der Waals surface area contributed by atoms with Crippen LogP contribution in [0.1, 0.15) is 39.3 Å². The van der Waals surface area contributed by atoms with Crippen molar-refractivity contribution < 1.29 is 19.0 Å². The highest BCUT2D eigenvalue weighted by Gasteiger charge is 2.41. The number of carbonyl (C=O) groups excluding carboxylic acids is 1. The van der Waals surface area contributed by atoms with Gasteiger partial charge in [0.2, 0.25) is 0 Å². The van der Waals surface area contributed by atoms with E-state index in [9.17, 15) is 10.1 Å². The molecule has 1 amide bonds. The van der Waals surface area contributed by atoms with Crippen LogP contribution in [0.15, 0.2) is 18.3 Å². The maximum absolute atomic E-state index is 12.2. The van der Waals surface area contributed by atoms with E-state index in [1.54, 1.807) is 23.2 Å². The number of piperidine rings is 1. The van der Waals surface area contributed by atoms with Gasteiger partial charge in [-0.25, -0.2) is 4.79 Å². The van der Waals surface area contributed by atoms with E-state index in [0.717, 1.165) is 0 Å². The van der Waals surface area contributed by atoms with Crippen LogP contribution in [0.2, 0.25) is 0 Å². The molecule has 0 radical (unpaired) electrons. The summed E-state index contributed by atoms with van der Waals surface area (Å²) in [5, 5.41) is 9.84. The fourth-order valence-corrected chi connectivity index (χ4v) is 2.79. The van der Waals surface area contributed by atoms with Crippen molar-refractivity contribution in [1.82, 2.24) is 9.88 Å². The standard InChI is InChI=1S/C18H25N3O4/c1-17(2,3)25-16(22)21-10-7-18(12-19,8-11-21)15-14(24-13-23-4)6-5-9-20-15/h5-6,9H,7-8,10-11,13H2,1-4H3. The Morgan fingerprint density at radius 3 is 2.64 bits per heavy atom. The fraction of sp³-hybridized carbons (Fsp3) is 0.611. The third kappa shape index (κ3) is 4.60. The molecule has 1 fully saturated rings. The van der Waals surface area contributed by atoms with Gasteiger partial charge in [0.15, 0.2) is 6.79 Å². The summed E-state index contributed by atoms with van der Waals surface area (Å²) < 4.78 is 15.9. The monoisotopic (exact) mass is 347 g/mol. The molecule has 136 valence electrons. The van der Waals surface area contributed by atoms with E-state index in [1.165, 1.54) is 7.11 Å². The van der Waals surface area contributed by atoms with Crippen molar-refractivity contribution in [3.8, 4) is 11.8 Å². The van der Waals surface area contributed by atoms with E-state index in [1.807, 2.05) is 20.8 Å². The predicted octanol–water partition coefficient (Wildman–Crippen LogP) is 2.86. The van der Waals surface area contributed by atoms with Gasteiger partial charge in [-0.15, -0.1) is 0 Å². The lowest BCUT2D eigenvalue weighted by molar-refractivity contribution is 0.0180. The van der Waals surface area contributed by atoms with Crippen LogP contribution in [0.4, 0.5) is 4.79 Å². The van der Waals surface area contributed by atoms with Crippen LogP contribution in [-0.2, 0) is 14.9 Å². The summed E-state index contributed by atoms with van der Waals surface area (Å²) in [6, 6.07) is 5.93. The third-order valence-electron chi connectivity index (χ3n) is 4.04. The number of nitrogens with zero attached hydrogens (tertiary/aromatic N) is 3. The van der Waals surface area contributed by atoms with Crippen LogP contribution < -0.4 is 4.74 Å². The Labute approximate surface area is 148 Å². The third-order valence-corrected chi connectivity index (χ3v) is 4.04. The van der Waals surface area contributed by atoms with Gasteiger partial charge >= 0.3 is 6.09 Å². The Morgan fingerprint density at radius 1 is 1.40 bits per heavy atom. The Balaban J connectivity index is 2.15. The minimum Gasteiger partial charge on any atom is -0.466 e. The Kier molecular flexibility index (Phi) is 5.85. The molecule has 1 aromatic heterocycles. The number of nitriles is 1. The summed E-state index contributed by atoms with van der Waals surface area (Å²) in [5.41, 5.74) is -0.732. The average molecular weight is 347 g/mol. The van der Waals surface area contributed by atoms with Crippen molar-refractivity contribution >= 4 is 6.09 Å². The van der Waals surface area contributed by atoms with Crippen molar-refractivity contribution in [2.45, 2.75) is 44.6 Å². The number of likely N-dealkylation sites (tertiary alicyclic amines) is 1. The first-order chi connectivity index (χ1) is 11.8. The zero-order chi connectivity index (χ0) is 18.5.